The number of alkyl halides is 1. The van der Waals surface area contributed by atoms with Crippen LogP contribution in [0, 0.1) is 0 Å². The van der Waals surface area contributed by atoms with E-state index in [-0.39, 0.29) is 56.2 Å². The molecular weight excluding hydrogens is 217 g/mol. The maximum Gasteiger partial charge on any atom is 0.0566 e. The molecule has 0 saturated carbocycles. The minimum absolute atomic E-state index is 0. The van der Waals surface area contributed by atoms with Crippen LogP contribution >= 0.6 is 61.2 Å². The van der Waals surface area contributed by atoms with Crippen LogP contribution in [0.3, 0.4) is 0 Å². The lowest BCUT2D eigenvalue weighted by molar-refractivity contribution is 0.321. The van der Waals surface area contributed by atoms with Gasteiger partial charge in [-0.2, -0.15) is 0 Å². The molecule has 0 fully saturated rings. The predicted molar refractivity (Wildman–Crippen MR) is 46.8 cm³/mol. The standard InChI is InChI=1S/C2H5ClO.4ClH/c3-1-2-4;;;;/h4H,1-2H2;4*1H. The van der Waals surface area contributed by atoms with Gasteiger partial charge in [0.15, 0.2) is 0 Å². The van der Waals surface area contributed by atoms with Gasteiger partial charge in [-0.1, -0.05) is 0 Å². The lowest BCUT2D eigenvalue weighted by Gasteiger charge is -1.67. The van der Waals surface area contributed by atoms with E-state index in [9.17, 15) is 0 Å². The van der Waals surface area contributed by atoms with E-state index < -0.39 is 0 Å². The maximum absolute atomic E-state index is 7.74. The highest BCUT2D eigenvalue weighted by molar-refractivity contribution is 6.17. The van der Waals surface area contributed by atoms with Crippen LogP contribution in [0.1, 0.15) is 0 Å². The molecule has 0 rings (SSSR count). The number of halogens is 5. The molecule has 8 heavy (non-hydrogen) atoms. The molecule has 0 heterocycles. The summed E-state index contributed by atoms with van der Waals surface area (Å²) < 4.78 is 0. The van der Waals surface area contributed by atoms with Crippen molar-refractivity contribution in [2.45, 2.75) is 0 Å². The van der Waals surface area contributed by atoms with Crippen LogP contribution in [0.5, 0.6) is 0 Å². The zero-order chi connectivity index (χ0) is 3.41. The molecule has 0 saturated heterocycles. The van der Waals surface area contributed by atoms with Crippen LogP contribution < -0.4 is 0 Å². The van der Waals surface area contributed by atoms with E-state index in [0.29, 0.717) is 5.88 Å². The topological polar surface area (TPSA) is 20.2 Å². The first-order valence-electron chi connectivity index (χ1n) is 1.08. The summed E-state index contributed by atoms with van der Waals surface area (Å²) in [5, 5.41) is 7.74. The highest BCUT2D eigenvalue weighted by atomic mass is 35.5. The lowest BCUT2D eigenvalue weighted by atomic mass is 10.9. The third-order valence-corrected chi connectivity index (χ3v) is 0.254. The SMILES string of the molecule is Cl.Cl.Cl.Cl.OCCCl. The molecule has 0 bridgehead atoms. The van der Waals surface area contributed by atoms with Crippen molar-refractivity contribution in [2.75, 3.05) is 12.5 Å². The highest BCUT2D eigenvalue weighted by Gasteiger charge is 1.60. The Morgan fingerprint density at radius 2 is 1.12 bits per heavy atom. The molecule has 0 unspecified atom stereocenters. The van der Waals surface area contributed by atoms with Gasteiger partial charge in [-0.05, 0) is 0 Å². The summed E-state index contributed by atoms with van der Waals surface area (Å²) in [6.07, 6.45) is 0. The van der Waals surface area contributed by atoms with Crippen LogP contribution in [0.15, 0.2) is 0 Å². The molecular formula is C2H9Cl5O. The molecule has 0 aromatic heterocycles. The van der Waals surface area contributed by atoms with Crippen molar-refractivity contribution < 1.29 is 5.11 Å². The summed E-state index contributed by atoms with van der Waals surface area (Å²) in [5.41, 5.74) is 0. The van der Waals surface area contributed by atoms with Crippen LogP contribution in [0.25, 0.3) is 0 Å². The van der Waals surface area contributed by atoms with Gasteiger partial charge in [0.25, 0.3) is 0 Å². The molecule has 6 heteroatoms. The molecule has 0 aromatic rings. The predicted octanol–water partition coefficient (Wildman–Crippen LogP) is 1.90. The van der Waals surface area contributed by atoms with Crippen LogP contribution in [0.4, 0.5) is 0 Å². The Bertz CT molecular complexity index is 12.4. The molecule has 0 aliphatic rings. The summed E-state index contributed by atoms with van der Waals surface area (Å²) in [6, 6.07) is 0. The Balaban J connectivity index is -0.00000000750. The monoisotopic (exact) mass is 224 g/mol. The molecule has 0 aliphatic carbocycles. The molecule has 0 aliphatic heterocycles. The Morgan fingerprint density at radius 1 is 1.00 bits per heavy atom. The van der Waals surface area contributed by atoms with Crippen molar-refractivity contribution in [3.63, 3.8) is 0 Å². The van der Waals surface area contributed by atoms with Crippen molar-refractivity contribution in [3.8, 4) is 0 Å². The first-order chi connectivity index (χ1) is 1.91. The molecule has 1 N–H and O–H groups in total. The Morgan fingerprint density at radius 3 is 1.12 bits per heavy atom. The third-order valence-electron chi connectivity index (χ3n) is 0.0845. The average Bonchev–Trinajstić information content (AvgIpc) is 1.37. The van der Waals surface area contributed by atoms with E-state index in [1.807, 2.05) is 0 Å². The van der Waals surface area contributed by atoms with Gasteiger partial charge in [0.05, 0.1) is 6.61 Å². The quantitative estimate of drug-likeness (QED) is 0.677. The normalized spacial score (nSPS) is 3.75. The van der Waals surface area contributed by atoms with Crippen molar-refractivity contribution in [1.82, 2.24) is 0 Å². The van der Waals surface area contributed by atoms with E-state index in [1.54, 1.807) is 0 Å². The number of aliphatic hydroxyl groups is 1. The van der Waals surface area contributed by atoms with Crippen LogP contribution in [-0.4, -0.2) is 17.6 Å². The van der Waals surface area contributed by atoms with Gasteiger partial charge >= 0.3 is 0 Å². The summed E-state index contributed by atoms with van der Waals surface area (Å²) >= 11 is 4.94. The molecule has 0 spiro atoms. The zero-order valence-corrected chi connectivity index (χ0v) is 7.89. The minimum atomic E-state index is 0. The maximum atomic E-state index is 7.74. The van der Waals surface area contributed by atoms with E-state index in [4.69, 9.17) is 16.7 Å². The fourth-order valence-electron chi connectivity index (χ4n) is 0. The van der Waals surface area contributed by atoms with Crippen molar-refractivity contribution in [3.05, 3.63) is 0 Å². The third kappa shape index (κ3) is 52.4. The second-order valence-electron chi connectivity index (χ2n) is 0.413. The van der Waals surface area contributed by atoms with E-state index in [1.165, 1.54) is 0 Å². The molecule has 0 atom stereocenters. The molecule has 0 aromatic carbocycles. The highest BCUT2D eigenvalue weighted by Crippen LogP contribution is 1.63. The van der Waals surface area contributed by atoms with Gasteiger partial charge in [-0.3, -0.25) is 0 Å². The van der Waals surface area contributed by atoms with Gasteiger partial charge in [-0.15, -0.1) is 61.2 Å². The van der Waals surface area contributed by atoms with Crippen molar-refractivity contribution >= 4 is 61.2 Å². The molecule has 0 radical (unpaired) electrons. The Labute approximate surface area is 78.8 Å². The fourth-order valence-corrected chi connectivity index (χ4v) is 0. The number of rotatable bonds is 1. The number of hydrogen-bond donors (Lipinski definition) is 1. The van der Waals surface area contributed by atoms with Gasteiger partial charge in [0.1, 0.15) is 0 Å². The lowest BCUT2D eigenvalue weighted by Crippen LogP contribution is -1.76. The van der Waals surface area contributed by atoms with Crippen LogP contribution in [0.2, 0.25) is 0 Å². The molecule has 58 valence electrons. The average molecular weight is 226 g/mol. The second kappa shape index (κ2) is 39.7. The van der Waals surface area contributed by atoms with E-state index in [0.717, 1.165) is 0 Å². The minimum Gasteiger partial charge on any atom is -0.395 e. The Kier molecular flexibility index (Phi) is 170. The fraction of sp³-hybridized carbons (Fsp3) is 1.00. The molecule has 1 nitrogen and oxygen atoms in total. The van der Waals surface area contributed by atoms with E-state index >= 15 is 0 Å². The van der Waals surface area contributed by atoms with Crippen LogP contribution in [-0.2, 0) is 0 Å². The van der Waals surface area contributed by atoms with Gasteiger partial charge in [-0.25, -0.2) is 0 Å². The summed E-state index contributed by atoms with van der Waals surface area (Å²) in [6.45, 7) is 0.0849. The number of aliphatic hydroxyl groups excluding tert-OH is 1. The zero-order valence-electron chi connectivity index (χ0n) is 3.87. The van der Waals surface area contributed by atoms with Crippen molar-refractivity contribution in [2.24, 2.45) is 0 Å². The van der Waals surface area contributed by atoms with E-state index in [2.05, 4.69) is 0 Å². The first-order valence-corrected chi connectivity index (χ1v) is 1.62. The van der Waals surface area contributed by atoms with Gasteiger partial charge in [0, 0.05) is 5.88 Å². The van der Waals surface area contributed by atoms with Gasteiger partial charge in [0.2, 0.25) is 0 Å². The first kappa shape index (κ1) is 34.2. The summed E-state index contributed by atoms with van der Waals surface area (Å²) in [4.78, 5) is 0. The smallest absolute Gasteiger partial charge is 0.0566 e. The van der Waals surface area contributed by atoms with Gasteiger partial charge < -0.3 is 5.11 Å². The molecule has 0 amide bonds. The second-order valence-corrected chi connectivity index (χ2v) is 0.791. The Hall–Kier alpha value is 1.41. The van der Waals surface area contributed by atoms with Crippen molar-refractivity contribution in [1.29, 1.82) is 0 Å². The number of hydrogen-bond acceptors (Lipinski definition) is 1. The largest absolute Gasteiger partial charge is 0.395 e. The summed E-state index contributed by atoms with van der Waals surface area (Å²) in [5.74, 6) is 0.347. The summed E-state index contributed by atoms with van der Waals surface area (Å²) in [7, 11) is 0.